The quantitative estimate of drug-likeness (QED) is 0.769. The summed E-state index contributed by atoms with van der Waals surface area (Å²) in [5, 5.41) is 2.86. The second-order valence-corrected chi connectivity index (χ2v) is 7.87. The first-order valence-corrected chi connectivity index (χ1v) is 9.33. The number of ether oxygens (including phenoxy) is 1. The average molecular weight is 342 g/mol. The number of methoxy groups -OCH3 is 1. The maximum Gasteiger partial charge on any atom is 0.234 e. The van der Waals surface area contributed by atoms with Crippen LogP contribution in [0.4, 0.5) is 0 Å². The third-order valence-corrected chi connectivity index (χ3v) is 4.80. The van der Waals surface area contributed by atoms with Crippen molar-refractivity contribution in [2.45, 2.75) is 30.8 Å². The lowest BCUT2D eigenvalue weighted by Crippen LogP contribution is -2.42. The SMILES string of the molecule is COCC(C)NC(=O)CN(C)C(C)c1ccc(S(C)(=O)=O)cc1. The molecule has 1 amide bonds. The minimum Gasteiger partial charge on any atom is -0.383 e. The van der Waals surface area contributed by atoms with Gasteiger partial charge in [0.05, 0.1) is 18.0 Å². The number of nitrogens with one attached hydrogen (secondary N) is 1. The Balaban J connectivity index is 2.66. The predicted octanol–water partition coefficient (Wildman–Crippen LogP) is 1.23. The van der Waals surface area contributed by atoms with E-state index in [0.717, 1.165) is 5.56 Å². The molecule has 130 valence electrons. The summed E-state index contributed by atoms with van der Waals surface area (Å²) in [7, 11) is 0.258. The average Bonchev–Trinajstić information content (AvgIpc) is 2.45. The fraction of sp³-hybridized carbons (Fsp3) is 0.562. The van der Waals surface area contributed by atoms with Gasteiger partial charge in [0, 0.05) is 25.4 Å². The number of carbonyl (C=O) groups excluding carboxylic acids is 1. The van der Waals surface area contributed by atoms with Crippen molar-refractivity contribution in [1.82, 2.24) is 10.2 Å². The summed E-state index contributed by atoms with van der Waals surface area (Å²) in [5.41, 5.74) is 0.956. The highest BCUT2D eigenvalue weighted by molar-refractivity contribution is 7.90. The molecule has 7 heteroatoms. The van der Waals surface area contributed by atoms with Crippen LogP contribution in [0.3, 0.4) is 0 Å². The fourth-order valence-electron chi connectivity index (χ4n) is 2.22. The molecule has 1 N–H and O–H groups in total. The van der Waals surface area contributed by atoms with Gasteiger partial charge in [-0.2, -0.15) is 0 Å². The molecule has 2 atom stereocenters. The Morgan fingerprint density at radius 3 is 2.30 bits per heavy atom. The minimum atomic E-state index is -3.19. The Labute approximate surface area is 138 Å². The zero-order valence-corrected chi connectivity index (χ0v) is 15.2. The number of sulfone groups is 1. The third-order valence-electron chi connectivity index (χ3n) is 3.67. The lowest BCUT2D eigenvalue weighted by atomic mass is 10.1. The summed E-state index contributed by atoms with van der Waals surface area (Å²) in [4.78, 5) is 14.2. The molecule has 0 aliphatic rings. The number of nitrogens with zero attached hydrogens (tertiary/aromatic N) is 1. The Morgan fingerprint density at radius 1 is 1.26 bits per heavy atom. The number of likely N-dealkylation sites (N-methyl/N-ethyl adjacent to an activating group) is 1. The smallest absolute Gasteiger partial charge is 0.234 e. The van der Waals surface area contributed by atoms with Crippen molar-refractivity contribution in [2.75, 3.05) is 33.6 Å². The van der Waals surface area contributed by atoms with Crippen LogP contribution in [0.15, 0.2) is 29.2 Å². The van der Waals surface area contributed by atoms with Gasteiger partial charge >= 0.3 is 0 Å². The van der Waals surface area contributed by atoms with Gasteiger partial charge in [-0.1, -0.05) is 12.1 Å². The van der Waals surface area contributed by atoms with Crippen LogP contribution in [0.2, 0.25) is 0 Å². The van der Waals surface area contributed by atoms with Gasteiger partial charge in [-0.25, -0.2) is 8.42 Å². The number of hydrogen-bond acceptors (Lipinski definition) is 5. The molecule has 1 aromatic carbocycles. The summed E-state index contributed by atoms with van der Waals surface area (Å²) >= 11 is 0. The monoisotopic (exact) mass is 342 g/mol. The van der Waals surface area contributed by atoms with Gasteiger partial charge in [0.25, 0.3) is 0 Å². The molecule has 0 heterocycles. The molecular weight excluding hydrogens is 316 g/mol. The molecule has 1 aromatic rings. The zero-order valence-electron chi connectivity index (χ0n) is 14.4. The maximum atomic E-state index is 12.0. The van der Waals surface area contributed by atoms with Crippen LogP contribution in [-0.4, -0.2) is 58.8 Å². The highest BCUT2D eigenvalue weighted by atomic mass is 32.2. The van der Waals surface area contributed by atoms with E-state index in [1.807, 2.05) is 25.8 Å². The fourth-order valence-corrected chi connectivity index (χ4v) is 2.85. The number of benzene rings is 1. The lowest BCUT2D eigenvalue weighted by Gasteiger charge is -2.25. The van der Waals surface area contributed by atoms with Gasteiger partial charge in [-0.15, -0.1) is 0 Å². The number of rotatable bonds is 8. The van der Waals surface area contributed by atoms with Crippen LogP contribution >= 0.6 is 0 Å². The summed E-state index contributed by atoms with van der Waals surface area (Å²) in [6, 6.07) is 6.70. The maximum absolute atomic E-state index is 12.0. The van der Waals surface area contributed by atoms with Crippen LogP contribution in [0, 0.1) is 0 Å². The molecule has 23 heavy (non-hydrogen) atoms. The van der Waals surface area contributed by atoms with Crippen LogP contribution < -0.4 is 5.32 Å². The van der Waals surface area contributed by atoms with Crippen molar-refractivity contribution in [1.29, 1.82) is 0 Å². The van der Waals surface area contributed by atoms with E-state index >= 15 is 0 Å². The van der Waals surface area contributed by atoms with E-state index in [0.29, 0.717) is 11.5 Å². The largest absolute Gasteiger partial charge is 0.383 e. The molecule has 0 bridgehead atoms. The van der Waals surface area contributed by atoms with Crippen LogP contribution in [0.1, 0.15) is 25.5 Å². The van der Waals surface area contributed by atoms with E-state index in [1.54, 1.807) is 31.4 Å². The zero-order chi connectivity index (χ0) is 17.6. The standard InChI is InChI=1S/C16H26N2O4S/c1-12(11-22-4)17-16(19)10-18(3)13(2)14-6-8-15(9-7-14)23(5,20)21/h6-9,12-13H,10-11H2,1-5H3,(H,17,19). The molecule has 0 aliphatic heterocycles. The second-order valence-electron chi connectivity index (χ2n) is 5.86. The Morgan fingerprint density at radius 2 is 1.83 bits per heavy atom. The molecular formula is C16H26N2O4S. The summed E-state index contributed by atoms with van der Waals surface area (Å²) in [6.45, 7) is 4.58. The van der Waals surface area contributed by atoms with Crippen LogP contribution in [0.5, 0.6) is 0 Å². The van der Waals surface area contributed by atoms with Crippen molar-refractivity contribution in [2.24, 2.45) is 0 Å². The summed E-state index contributed by atoms with van der Waals surface area (Å²) in [5.74, 6) is -0.0725. The topological polar surface area (TPSA) is 75.7 Å². The Bertz CT molecular complexity index is 613. The highest BCUT2D eigenvalue weighted by Gasteiger charge is 2.17. The van der Waals surface area contributed by atoms with Gasteiger partial charge < -0.3 is 10.1 Å². The third kappa shape index (κ3) is 6.29. The van der Waals surface area contributed by atoms with Crippen LogP contribution in [-0.2, 0) is 19.4 Å². The number of carbonyl (C=O) groups is 1. The van der Waals surface area contributed by atoms with Crippen molar-refractivity contribution < 1.29 is 17.9 Å². The molecule has 2 unspecified atom stereocenters. The Kier molecular flexibility index (Phi) is 7.18. The highest BCUT2D eigenvalue weighted by Crippen LogP contribution is 2.20. The first kappa shape index (κ1) is 19.6. The van der Waals surface area contributed by atoms with E-state index in [-0.39, 0.29) is 24.5 Å². The molecule has 0 spiro atoms. The van der Waals surface area contributed by atoms with Crippen LogP contribution in [0.25, 0.3) is 0 Å². The van der Waals surface area contributed by atoms with Crippen molar-refractivity contribution in [3.63, 3.8) is 0 Å². The first-order valence-electron chi connectivity index (χ1n) is 7.43. The molecule has 0 aliphatic carbocycles. The molecule has 0 aromatic heterocycles. The first-order chi connectivity index (χ1) is 10.6. The molecule has 0 saturated heterocycles. The van der Waals surface area contributed by atoms with Gasteiger partial charge in [-0.05, 0) is 38.6 Å². The lowest BCUT2D eigenvalue weighted by molar-refractivity contribution is -0.123. The molecule has 0 fully saturated rings. The second kappa shape index (κ2) is 8.42. The molecule has 0 saturated carbocycles. The molecule has 1 rings (SSSR count). The summed E-state index contributed by atoms with van der Waals surface area (Å²) < 4.78 is 27.9. The number of amides is 1. The van der Waals surface area contributed by atoms with Crippen molar-refractivity contribution in [3.05, 3.63) is 29.8 Å². The molecule has 6 nitrogen and oxygen atoms in total. The van der Waals surface area contributed by atoms with Gasteiger partial charge in [0.1, 0.15) is 0 Å². The van der Waals surface area contributed by atoms with E-state index in [1.165, 1.54) is 6.26 Å². The van der Waals surface area contributed by atoms with Gasteiger partial charge in [0.2, 0.25) is 5.91 Å². The van der Waals surface area contributed by atoms with E-state index < -0.39 is 9.84 Å². The van der Waals surface area contributed by atoms with E-state index in [4.69, 9.17) is 4.74 Å². The Hall–Kier alpha value is -1.44. The van der Waals surface area contributed by atoms with E-state index in [9.17, 15) is 13.2 Å². The summed E-state index contributed by atoms with van der Waals surface area (Å²) in [6.07, 6.45) is 1.18. The minimum absolute atomic E-state index is 0.00732. The number of hydrogen-bond donors (Lipinski definition) is 1. The van der Waals surface area contributed by atoms with Gasteiger partial charge in [0.15, 0.2) is 9.84 Å². The van der Waals surface area contributed by atoms with Crippen molar-refractivity contribution in [3.8, 4) is 0 Å². The van der Waals surface area contributed by atoms with Crippen molar-refractivity contribution >= 4 is 15.7 Å². The predicted molar refractivity (Wildman–Crippen MR) is 90.1 cm³/mol. The normalized spacial score (nSPS) is 14.5. The molecule has 0 radical (unpaired) electrons. The van der Waals surface area contributed by atoms with E-state index in [2.05, 4.69) is 5.32 Å². The van der Waals surface area contributed by atoms with Gasteiger partial charge in [-0.3, -0.25) is 9.69 Å².